The molecule has 0 N–H and O–H groups in total. The predicted octanol–water partition coefficient (Wildman–Crippen LogP) is 5.24. The molecule has 0 aliphatic heterocycles. The fourth-order valence-corrected chi connectivity index (χ4v) is 3.73. The zero-order valence-electron chi connectivity index (χ0n) is 16.8. The third-order valence-electron chi connectivity index (χ3n) is 4.41. The van der Waals surface area contributed by atoms with Crippen LogP contribution in [0.25, 0.3) is 22.6 Å². The van der Waals surface area contributed by atoms with Crippen molar-refractivity contribution in [3.05, 3.63) is 58.6 Å². The average Bonchev–Trinajstić information content (AvgIpc) is 3.04. The molecule has 0 spiro atoms. The van der Waals surface area contributed by atoms with Gasteiger partial charge in [-0.25, -0.2) is 15.0 Å². The monoisotopic (exact) mass is 429 g/mol. The Kier molecular flexibility index (Phi) is 6.89. The fourth-order valence-electron chi connectivity index (χ4n) is 2.85. The zero-order chi connectivity index (χ0) is 20.9. The van der Waals surface area contributed by atoms with E-state index in [0.29, 0.717) is 28.8 Å². The largest absolute Gasteiger partial charge is 0.361 e. The minimum atomic E-state index is -1.21. The maximum absolute atomic E-state index is 11.0. The van der Waals surface area contributed by atoms with Gasteiger partial charge in [-0.1, -0.05) is 48.6 Å². The molecule has 3 aromatic rings. The molecule has 0 unspecified atom stereocenters. The van der Waals surface area contributed by atoms with Crippen molar-refractivity contribution in [2.75, 3.05) is 6.61 Å². The molecule has 0 bridgehead atoms. The molecule has 0 atom stereocenters. The van der Waals surface area contributed by atoms with Gasteiger partial charge in [0.05, 0.1) is 17.1 Å². The number of imidazole rings is 1. The highest BCUT2D eigenvalue weighted by molar-refractivity contribution is 6.76. The van der Waals surface area contributed by atoms with Crippen LogP contribution in [0.2, 0.25) is 30.7 Å². The van der Waals surface area contributed by atoms with E-state index in [1.54, 1.807) is 6.20 Å². The van der Waals surface area contributed by atoms with Gasteiger partial charge in [0.15, 0.2) is 0 Å². The van der Waals surface area contributed by atoms with Crippen LogP contribution in [-0.4, -0.2) is 34.2 Å². The third kappa shape index (κ3) is 5.56. The van der Waals surface area contributed by atoms with E-state index in [0.717, 1.165) is 17.3 Å². The highest BCUT2D eigenvalue weighted by atomic mass is 35.5. The second-order valence-corrected chi connectivity index (χ2v) is 13.9. The van der Waals surface area contributed by atoms with Gasteiger partial charge in [0, 0.05) is 31.5 Å². The van der Waals surface area contributed by atoms with Crippen LogP contribution in [0.15, 0.2) is 48.0 Å². The van der Waals surface area contributed by atoms with Crippen LogP contribution in [-0.2, 0) is 18.0 Å². The quantitative estimate of drug-likeness (QED) is 0.264. The first-order chi connectivity index (χ1) is 13.9. The number of benzene rings is 1. The number of hydrogen-bond donors (Lipinski definition) is 0. The van der Waals surface area contributed by atoms with Crippen molar-refractivity contribution in [2.45, 2.75) is 39.0 Å². The van der Waals surface area contributed by atoms with Crippen LogP contribution in [0.5, 0.6) is 0 Å². The molecule has 1 aromatic carbocycles. The molecule has 2 heterocycles. The van der Waals surface area contributed by atoms with Crippen LogP contribution in [0.3, 0.4) is 0 Å². The van der Waals surface area contributed by atoms with Gasteiger partial charge in [0.25, 0.3) is 0 Å². The summed E-state index contributed by atoms with van der Waals surface area (Å²) in [5.41, 5.74) is 3.04. The summed E-state index contributed by atoms with van der Waals surface area (Å²) in [4.78, 5) is 24.1. The zero-order valence-corrected chi connectivity index (χ0v) is 18.6. The Labute approximate surface area is 176 Å². The molecule has 0 saturated heterocycles. The summed E-state index contributed by atoms with van der Waals surface area (Å²) < 4.78 is 7.84. The molecule has 0 amide bonds. The van der Waals surface area contributed by atoms with Crippen LogP contribution in [0.4, 0.5) is 0 Å². The lowest BCUT2D eigenvalue weighted by molar-refractivity contribution is 0.0862. The summed E-state index contributed by atoms with van der Waals surface area (Å²) in [5, 5.41) is 3.69. The van der Waals surface area contributed by atoms with Gasteiger partial charge in [-0.15, -0.1) is 0 Å². The van der Waals surface area contributed by atoms with Crippen molar-refractivity contribution < 1.29 is 4.74 Å². The lowest BCUT2D eigenvalue weighted by atomic mass is 10.1. The highest BCUT2D eigenvalue weighted by Gasteiger charge is 2.21. The Morgan fingerprint density at radius 1 is 1.17 bits per heavy atom. The Balaban J connectivity index is 2.04. The van der Waals surface area contributed by atoms with E-state index in [1.165, 1.54) is 6.33 Å². The summed E-state index contributed by atoms with van der Waals surface area (Å²) in [6, 6.07) is 10.3. The minimum Gasteiger partial charge on any atom is -0.361 e. The van der Waals surface area contributed by atoms with Gasteiger partial charge in [-0.2, -0.15) is 4.91 Å². The van der Waals surface area contributed by atoms with Crippen molar-refractivity contribution >= 4 is 19.7 Å². The second kappa shape index (κ2) is 9.38. The number of nitroso groups, excluding NO2 is 1. The number of hydrogen-bond acceptors (Lipinski definition) is 6. The normalized spacial score (nSPS) is 11.6. The van der Waals surface area contributed by atoms with E-state index in [9.17, 15) is 4.91 Å². The smallest absolute Gasteiger partial charge is 0.139 e. The lowest BCUT2D eigenvalue weighted by Crippen LogP contribution is -2.22. The Morgan fingerprint density at radius 2 is 1.93 bits per heavy atom. The molecular formula is C20H24ClN5O2Si. The van der Waals surface area contributed by atoms with E-state index >= 15 is 0 Å². The van der Waals surface area contributed by atoms with Crippen LogP contribution < -0.4 is 0 Å². The SMILES string of the molecule is C[Si](C)(C)CCOCn1c(CN=O)nc(-c2ccc(Cl)cc2)c1-c1ccncn1. The first-order valence-corrected chi connectivity index (χ1v) is 13.5. The Morgan fingerprint density at radius 3 is 2.55 bits per heavy atom. The maximum atomic E-state index is 11.0. The molecule has 7 nitrogen and oxygen atoms in total. The molecular weight excluding hydrogens is 406 g/mol. The number of halogens is 1. The van der Waals surface area contributed by atoms with Crippen LogP contribution in [0.1, 0.15) is 5.82 Å². The maximum Gasteiger partial charge on any atom is 0.139 e. The number of rotatable bonds is 9. The molecule has 29 heavy (non-hydrogen) atoms. The molecule has 0 aliphatic carbocycles. The number of nitrogens with zero attached hydrogens (tertiary/aromatic N) is 5. The van der Waals surface area contributed by atoms with Gasteiger partial charge in [0.2, 0.25) is 0 Å². The van der Waals surface area contributed by atoms with Crippen molar-refractivity contribution in [3.8, 4) is 22.6 Å². The average molecular weight is 430 g/mol. The van der Waals surface area contributed by atoms with Crippen molar-refractivity contribution in [2.24, 2.45) is 5.18 Å². The van der Waals surface area contributed by atoms with Crippen molar-refractivity contribution in [3.63, 3.8) is 0 Å². The summed E-state index contributed by atoms with van der Waals surface area (Å²) in [6.07, 6.45) is 3.16. The van der Waals surface area contributed by atoms with E-state index in [2.05, 4.69) is 34.8 Å². The Bertz CT molecular complexity index is 955. The molecule has 0 fully saturated rings. The fraction of sp³-hybridized carbons (Fsp3) is 0.350. The van der Waals surface area contributed by atoms with Crippen molar-refractivity contribution in [1.29, 1.82) is 0 Å². The minimum absolute atomic E-state index is 0.0525. The molecule has 0 aliphatic rings. The number of ether oxygens (including phenoxy) is 1. The van der Waals surface area contributed by atoms with Gasteiger partial charge < -0.3 is 9.30 Å². The van der Waals surface area contributed by atoms with Gasteiger partial charge in [-0.05, 0) is 24.2 Å². The molecule has 0 radical (unpaired) electrons. The molecule has 2 aromatic heterocycles. The molecule has 0 saturated carbocycles. The first-order valence-electron chi connectivity index (χ1n) is 9.37. The number of aromatic nitrogens is 4. The van der Waals surface area contributed by atoms with E-state index in [4.69, 9.17) is 21.3 Å². The summed E-state index contributed by atoms with van der Waals surface area (Å²) in [6.45, 7) is 7.79. The van der Waals surface area contributed by atoms with Crippen LogP contribution in [0, 0.1) is 4.91 Å². The second-order valence-electron chi connectivity index (χ2n) is 7.89. The molecule has 3 rings (SSSR count). The van der Waals surface area contributed by atoms with Crippen LogP contribution >= 0.6 is 11.6 Å². The van der Waals surface area contributed by atoms with E-state index in [1.807, 2.05) is 34.9 Å². The molecule has 9 heteroatoms. The highest BCUT2D eigenvalue weighted by Crippen LogP contribution is 2.32. The van der Waals surface area contributed by atoms with E-state index < -0.39 is 8.07 Å². The van der Waals surface area contributed by atoms with Gasteiger partial charge >= 0.3 is 0 Å². The third-order valence-corrected chi connectivity index (χ3v) is 6.37. The Hall–Kier alpha value is -2.42. The first kappa shape index (κ1) is 21.3. The summed E-state index contributed by atoms with van der Waals surface area (Å²) in [5.74, 6) is 0.534. The summed E-state index contributed by atoms with van der Waals surface area (Å²) in [7, 11) is -1.21. The predicted molar refractivity (Wildman–Crippen MR) is 117 cm³/mol. The van der Waals surface area contributed by atoms with Gasteiger partial charge in [0.1, 0.15) is 25.4 Å². The topological polar surface area (TPSA) is 82.3 Å². The summed E-state index contributed by atoms with van der Waals surface area (Å²) >= 11 is 6.04. The van der Waals surface area contributed by atoms with E-state index in [-0.39, 0.29) is 13.3 Å². The lowest BCUT2D eigenvalue weighted by Gasteiger charge is -2.17. The standard InChI is InChI=1S/C20H24ClN5O2Si/c1-29(2,3)11-10-28-14-26-18(12-24-27)25-19(15-4-6-16(21)7-5-15)20(26)17-8-9-22-13-23-17/h4-9,13H,10-12,14H2,1-3H3. The molecule has 152 valence electrons. The van der Waals surface area contributed by atoms with Gasteiger partial charge in [-0.3, -0.25) is 0 Å². The van der Waals surface area contributed by atoms with Crippen molar-refractivity contribution in [1.82, 2.24) is 19.5 Å².